The first-order valence-electron chi connectivity index (χ1n) is 3.24. The monoisotopic (exact) mass is 156 g/mol. The minimum atomic E-state index is 0.204. The number of hydrogen-bond donors (Lipinski definition) is 0. The van der Waals surface area contributed by atoms with Gasteiger partial charge in [-0.25, -0.2) is 0 Å². The van der Waals surface area contributed by atoms with E-state index in [1.54, 1.807) is 5.57 Å². The van der Waals surface area contributed by atoms with Crippen molar-refractivity contribution in [3.05, 3.63) is 23.8 Å². The van der Waals surface area contributed by atoms with E-state index in [4.69, 9.17) is 0 Å². The van der Waals surface area contributed by atoms with Crippen molar-refractivity contribution < 1.29 is 19.2 Å². The Balaban J connectivity index is 2.82. The molecular weight excluding hydrogens is 144 g/mol. The second-order valence-electron chi connectivity index (χ2n) is 2.66. The molecule has 0 nitrogen and oxygen atoms in total. The maximum atomic E-state index is 2.35. The van der Waals surface area contributed by atoms with E-state index in [2.05, 4.69) is 37.3 Å². The van der Waals surface area contributed by atoms with Crippen LogP contribution in [0.15, 0.2) is 23.8 Å². The molecule has 1 atom stereocenters. The van der Waals surface area contributed by atoms with Crippen LogP contribution in [-0.4, -0.2) is 0 Å². The molecule has 1 aliphatic carbocycles. The number of allylic oxidation sites excluding steroid dienone is 4. The molecule has 1 heteroatoms. The Morgan fingerprint density at radius 2 is 2.22 bits per heavy atom. The Hall–Kier alpha value is 0.194. The Morgan fingerprint density at radius 3 is 2.44 bits per heavy atom. The van der Waals surface area contributed by atoms with Gasteiger partial charge in [-0.1, -0.05) is 0 Å². The summed E-state index contributed by atoms with van der Waals surface area (Å²) >= 11 is 0.204. The molecule has 0 aromatic heterocycles. The minimum absolute atomic E-state index is 0.204. The van der Waals surface area contributed by atoms with Gasteiger partial charge >= 0.3 is 65.7 Å². The van der Waals surface area contributed by atoms with Crippen molar-refractivity contribution in [1.29, 1.82) is 0 Å². The van der Waals surface area contributed by atoms with Gasteiger partial charge in [0.2, 0.25) is 0 Å². The van der Waals surface area contributed by atoms with Gasteiger partial charge in [-0.05, 0) is 0 Å². The van der Waals surface area contributed by atoms with E-state index in [0.29, 0.717) is 3.72 Å². The van der Waals surface area contributed by atoms with Crippen molar-refractivity contribution in [2.24, 2.45) is 0 Å². The van der Waals surface area contributed by atoms with Gasteiger partial charge in [0.1, 0.15) is 0 Å². The van der Waals surface area contributed by atoms with E-state index in [1.165, 1.54) is 0 Å². The first-order valence-corrected chi connectivity index (χ1v) is 5.59. The number of hydrogen-bond acceptors (Lipinski definition) is 0. The molecular formula is C8H12Ti. The summed E-state index contributed by atoms with van der Waals surface area (Å²) in [4.78, 5) is 0. The van der Waals surface area contributed by atoms with E-state index >= 15 is 0 Å². The van der Waals surface area contributed by atoms with Crippen molar-refractivity contribution >= 4 is 0 Å². The molecule has 1 aliphatic rings. The molecule has 1 unspecified atom stereocenters. The summed E-state index contributed by atoms with van der Waals surface area (Å²) in [6.45, 7) is 4.56. The van der Waals surface area contributed by atoms with Crippen LogP contribution in [0.3, 0.4) is 0 Å². The molecule has 0 amide bonds. The van der Waals surface area contributed by atoms with Crippen LogP contribution in [0, 0.1) is 0 Å². The van der Waals surface area contributed by atoms with Gasteiger partial charge in [0.15, 0.2) is 0 Å². The molecule has 0 N–H and O–H groups in total. The summed E-state index contributed by atoms with van der Waals surface area (Å²) < 4.78 is 0.500. The molecule has 9 heavy (non-hydrogen) atoms. The van der Waals surface area contributed by atoms with Crippen LogP contribution in [0.5, 0.6) is 0 Å². The SMILES string of the molecule is [CH3][Ti][C]1(C)C=CC=C1C. The average Bonchev–Trinajstić information content (AvgIpc) is 2.15. The van der Waals surface area contributed by atoms with Gasteiger partial charge in [-0.15, -0.1) is 0 Å². The van der Waals surface area contributed by atoms with Crippen molar-refractivity contribution in [2.75, 3.05) is 0 Å². The first-order chi connectivity index (χ1) is 4.19. The summed E-state index contributed by atoms with van der Waals surface area (Å²) in [5, 5.41) is 2.35. The zero-order chi connectivity index (χ0) is 6.91. The van der Waals surface area contributed by atoms with Crippen LogP contribution >= 0.6 is 0 Å². The van der Waals surface area contributed by atoms with E-state index in [1.807, 2.05) is 0 Å². The van der Waals surface area contributed by atoms with Crippen LogP contribution in [0.1, 0.15) is 13.8 Å². The predicted octanol–water partition coefficient (Wildman–Crippen LogP) is 2.81. The average molecular weight is 156 g/mol. The molecule has 0 fully saturated rings. The molecule has 0 radical (unpaired) electrons. The van der Waals surface area contributed by atoms with Crippen molar-refractivity contribution in [3.8, 4) is 0 Å². The van der Waals surface area contributed by atoms with E-state index < -0.39 is 0 Å². The van der Waals surface area contributed by atoms with E-state index in [9.17, 15) is 0 Å². The zero-order valence-electron chi connectivity index (χ0n) is 6.23. The van der Waals surface area contributed by atoms with Gasteiger partial charge in [-0.2, -0.15) is 0 Å². The quantitative estimate of drug-likeness (QED) is 0.512. The fraction of sp³-hybridized carbons (Fsp3) is 0.500. The van der Waals surface area contributed by atoms with Crippen molar-refractivity contribution in [1.82, 2.24) is 0 Å². The normalized spacial score (nSPS) is 32.6. The van der Waals surface area contributed by atoms with E-state index in [0.717, 1.165) is 0 Å². The molecule has 0 aromatic carbocycles. The topological polar surface area (TPSA) is 0 Å². The predicted molar refractivity (Wildman–Crippen MR) is 37.1 cm³/mol. The molecule has 48 valence electrons. The Labute approximate surface area is 66.0 Å². The van der Waals surface area contributed by atoms with Crippen LogP contribution in [0.25, 0.3) is 0 Å². The Kier molecular flexibility index (Phi) is 1.98. The molecule has 0 aromatic rings. The third-order valence-electron chi connectivity index (χ3n) is 2.11. The molecule has 1 rings (SSSR count). The van der Waals surface area contributed by atoms with Crippen molar-refractivity contribution in [3.63, 3.8) is 0 Å². The Morgan fingerprint density at radius 1 is 1.56 bits per heavy atom. The summed E-state index contributed by atoms with van der Waals surface area (Å²) in [5.74, 6) is 0. The van der Waals surface area contributed by atoms with Gasteiger partial charge in [-0.3, -0.25) is 0 Å². The summed E-state index contributed by atoms with van der Waals surface area (Å²) in [6, 6.07) is 0. The molecule has 0 saturated carbocycles. The zero-order valence-corrected chi connectivity index (χ0v) is 7.79. The van der Waals surface area contributed by atoms with Crippen molar-refractivity contribution in [2.45, 2.75) is 22.8 Å². The molecule has 0 bridgehead atoms. The number of rotatable bonds is 1. The van der Waals surface area contributed by atoms with Gasteiger partial charge in [0.25, 0.3) is 0 Å². The second-order valence-corrected chi connectivity index (χ2v) is 5.06. The fourth-order valence-electron chi connectivity index (χ4n) is 0.970. The first kappa shape index (κ1) is 7.30. The third kappa shape index (κ3) is 1.20. The standard InChI is InChI=1S/C7H9.CH3.Ti/c1-6-4-3-5-7(6)2;;/h3-5H,1-2H3;1H3;. The van der Waals surface area contributed by atoms with Crippen LogP contribution in [0.2, 0.25) is 8.95 Å². The van der Waals surface area contributed by atoms with Crippen LogP contribution < -0.4 is 0 Å². The summed E-state index contributed by atoms with van der Waals surface area (Å²) in [7, 11) is 0. The third-order valence-corrected chi connectivity index (χ3v) is 4.61. The Bertz CT molecular complexity index is 167. The maximum absolute atomic E-state index is 2.35. The molecule has 0 aliphatic heterocycles. The molecule has 0 heterocycles. The molecule has 0 saturated heterocycles. The fourth-order valence-corrected chi connectivity index (χ4v) is 2.13. The summed E-state index contributed by atoms with van der Waals surface area (Å²) in [5.41, 5.74) is 1.55. The van der Waals surface area contributed by atoms with Crippen LogP contribution in [-0.2, 0) is 19.2 Å². The van der Waals surface area contributed by atoms with Crippen LogP contribution in [0.4, 0.5) is 0 Å². The summed E-state index contributed by atoms with van der Waals surface area (Å²) in [6.07, 6.45) is 6.75. The second kappa shape index (κ2) is 2.44. The molecule has 0 spiro atoms. The van der Waals surface area contributed by atoms with Gasteiger partial charge in [0, 0.05) is 0 Å². The van der Waals surface area contributed by atoms with Gasteiger partial charge in [0.05, 0.1) is 0 Å². The van der Waals surface area contributed by atoms with Gasteiger partial charge < -0.3 is 0 Å². The van der Waals surface area contributed by atoms with E-state index in [-0.39, 0.29) is 19.2 Å².